The standard InChI is InChI=1S/C13H16N4O/c14-5-6-16-13(18)9-17-7-4-10-2-1-3-12(15)11(10)8-17/h1-3H,4,6-9,15H2,(H,16,18). The number of nitrogens with two attached hydrogens (primary N) is 1. The van der Waals surface area contributed by atoms with E-state index in [0.717, 1.165) is 24.2 Å². The van der Waals surface area contributed by atoms with Gasteiger partial charge in [-0.2, -0.15) is 5.26 Å². The molecule has 0 saturated carbocycles. The van der Waals surface area contributed by atoms with Crippen LogP contribution in [0.3, 0.4) is 0 Å². The number of nitrogens with zero attached hydrogens (tertiary/aromatic N) is 2. The van der Waals surface area contributed by atoms with E-state index < -0.39 is 0 Å². The minimum absolute atomic E-state index is 0.0609. The zero-order valence-electron chi connectivity index (χ0n) is 10.1. The molecule has 1 aromatic rings. The van der Waals surface area contributed by atoms with E-state index in [1.807, 2.05) is 23.1 Å². The Labute approximate surface area is 106 Å². The Kier molecular flexibility index (Phi) is 3.80. The van der Waals surface area contributed by atoms with Crippen LogP contribution in [-0.2, 0) is 17.8 Å². The van der Waals surface area contributed by atoms with Crippen LogP contribution in [0.5, 0.6) is 0 Å². The molecule has 0 bridgehead atoms. The number of hydrogen-bond acceptors (Lipinski definition) is 4. The van der Waals surface area contributed by atoms with Crippen molar-refractivity contribution in [2.75, 3.05) is 25.4 Å². The van der Waals surface area contributed by atoms with E-state index in [1.54, 1.807) is 0 Å². The van der Waals surface area contributed by atoms with Crippen LogP contribution in [0.25, 0.3) is 0 Å². The van der Waals surface area contributed by atoms with E-state index in [2.05, 4.69) is 11.4 Å². The maximum Gasteiger partial charge on any atom is 0.235 e. The molecule has 3 N–H and O–H groups in total. The lowest BCUT2D eigenvalue weighted by atomic mass is 9.98. The first-order chi connectivity index (χ1) is 8.70. The summed E-state index contributed by atoms with van der Waals surface area (Å²) in [5.41, 5.74) is 9.12. The number of nitrogen functional groups attached to an aromatic ring is 1. The normalized spacial score (nSPS) is 14.6. The topological polar surface area (TPSA) is 82.2 Å². The third-order valence-corrected chi connectivity index (χ3v) is 3.12. The smallest absolute Gasteiger partial charge is 0.235 e. The highest BCUT2D eigenvalue weighted by Gasteiger charge is 2.19. The highest BCUT2D eigenvalue weighted by molar-refractivity contribution is 5.78. The molecule has 0 aliphatic carbocycles. The first-order valence-electron chi connectivity index (χ1n) is 5.93. The van der Waals surface area contributed by atoms with Gasteiger partial charge in [0.2, 0.25) is 5.91 Å². The fraction of sp³-hybridized carbons (Fsp3) is 0.385. The van der Waals surface area contributed by atoms with Gasteiger partial charge in [0, 0.05) is 18.8 Å². The molecule has 2 rings (SSSR count). The van der Waals surface area contributed by atoms with Crippen molar-refractivity contribution in [3.05, 3.63) is 29.3 Å². The van der Waals surface area contributed by atoms with Crippen molar-refractivity contribution in [3.63, 3.8) is 0 Å². The fourth-order valence-corrected chi connectivity index (χ4v) is 2.19. The van der Waals surface area contributed by atoms with Crippen LogP contribution in [0.2, 0.25) is 0 Å². The highest BCUT2D eigenvalue weighted by Crippen LogP contribution is 2.23. The number of carbonyl (C=O) groups excluding carboxylic acids is 1. The molecule has 0 fully saturated rings. The van der Waals surface area contributed by atoms with Crippen molar-refractivity contribution in [2.45, 2.75) is 13.0 Å². The molecular weight excluding hydrogens is 228 g/mol. The summed E-state index contributed by atoms with van der Waals surface area (Å²) in [6.07, 6.45) is 0.909. The van der Waals surface area contributed by atoms with E-state index in [9.17, 15) is 4.79 Å². The molecule has 0 unspecified atom stereocenters. The summed E-state index contributed by atoms with van der Waals surface area (Å²) in [4.78, 5) is 13.6. The van der Waals surface area contributed by atoms with Crippen LogP contribution in [0, 0.1) is 11.3 Å². The van der Waals surface area contributed by atoms with Crippen molar-refractivity contribution in [3.8, 4) is 6.07 Å². The van der Waals surface area contributed by atoms with Crippen LogP contribution >= 0.6 is 0 Å². The van der Waals surface area contributed by atoms with Gasteiger partial charge in [0.25, 0.3) is 0 Å². The van der Waals surface area contributed by atoms with Crippen molar-refractivity contribution < 1.29 is 4.79 Å². The van der Waals surface area contributed by atoms with Crippen molar-refractivity contribution in [2.24, 2.45) is 0 Å². The number of anilines is 1. The Bertz CT molecular complexity index is 492. The lowest BCUT2D eigenvalue weighted by Gasteiger charge is -2.28. The third kappa shape index (κ3) is 2.79. The van der Waals surface area contributed by atoms with Crippen LogP contribution in [0.1, 0.15) is 11.1 Å². The largest absolute Gasteiger partial charge is 0.398 e. The lowest BCUT2D eigenvalue weighted by Crippen LogP contribution is -2.40. The maximum absolute atomic E-state index is 11.5. The van der Waals surface area contributed by atoms with E-state index >= 15 is 0 Å². The number of rotatable bonds is 3. The van der Waals surface area contributed by atoms with Crippen molar-refractivity contribution in [1.82, 2.24) is 10.2 Å². The van der Waals surface area contributed by atoms with Gasteiger partial charge >= 0.3 is 0 Å². The van der Waals surface area contributed by atoms with Crippen LogP contribution in [0.15, 0.2) is 18.2 Å². The summed E-state index contributed by atoms with van der Waals surface area (Å²) in [5, 5.41) is 10.9. The summed E-state index contributed by atoms with van der Waals surface area (Å²) in [6.45, 7) is 1.92. The molecule has 5 heteroatoms. The molecule has 0 radical (unpaired) electrons. The minimum Gasteiger partial charge on any atom is -0.398 e. The van der Waals surface area contributed by atoms with E-state index in [0.29, 0.717) is 13.1 Å². The molecule has 5 nitrogen and oxygen atoms in total. The number of benzene rings is 1. The van der Waals surface area contributed by atoms with E-state index in [4.69, 9.17) is 11.0 Å². The van der Waals surface area contributed by atoms with Crippen molar-refractivity contribution >= 4 is 11.6 Å². The lowest BCUT2D eigenvalue weighted by molar-refractivity contribution is -0.122. The van der Waals surface area contributed by atoms with Crippen LogP contribution in [0.4, 0.5) is 5.69 Å². The summed E-state index contributed by atoms with van der Waals surface area (Å²) in [6, 6.07) is 7.82. The molecule has 0 spiro atoms. The Balaban J connectivity index is 1.98. The number of carbonyl (C=O) groups is 1. The number of fused-ring (bicyclic) bond motifs is 1. The van der Waals surface area contributed by atoms with Crippen LogP contribution in [-0.4, -0.2) is 30.4 Å². The summed E-state index contributed by atoms with van der Waals surface area (Å²) < 4.78 is 0. The zero-order chi connectivity index (χ0) is 13.0. The summed E-state index contributed by atoms with van der Waals surface area (Å²) >= 11 is 0. The second-order valence-corrected chi connectivity index (χ2v) is 4.38. The average Bonchev–Trinajstić information content (AvgIpc) is 2.37. The monoisotopic (exact) mass is 244 g/mol. The molecule has 1 heterocycles. The quantitative estimate of drug-likeness (QED) is 0.590. The molecule has 1 aliphatic heterocycles. The Morgan fingerprint density at radius 2 is 2.39 bits per heavy atom. The van der Waals surface area contributed by atoms with Gasteiger partial charge < -0.3 is 11.1 Å². The van der Waals surface area contributed by atoms with Crippen molar-refractivity contribution in [1.29, 1.82) is 5.26 Å². The number of nitrogens with one attached hydrogen (secondary N) is 1. The molecule has 1 amide bonds. The van der Waals surface area contributed by atoms with Crippen LogP contribution < -0.4 is 11.1 Å². The van der Waals surface area contributed by atoms with Gasteiger partial charge in [-0.25, -0.2) is 0 Å². The summed E-state index contributed by atoms with van der Waals surface area (Å²) in [7, 11) is 0. The van der Waals surface area contributed by atoms with Gasteiger partial charge in [-0.05, 0) is 23.6 Å². The average molecular weight is 244 g/mol. The zero-order valence-corrected chi connectivity index (χ0v) is 10.1. The fourth-order valence-electron chi connectivity index (χ4n) is 2.19. The van der Waals surface area contributed by atoms with Gasteiger partial charge in [0.1, 0.15) is 6.54 Å². The van der Waals surface area contributed by atoms with Gasteiger partial charge in [-0.1, -0.05) is 12.1 Å². The predicted octanol–water partition coefficient (Wildman–Crippen LogP) is 0.267. The molecular formula is C13H16N4O. The van der Waals surface area contributed by atoms with E-state index in [1.165, 1.54) is 5.56 Å². The van der Waals surface area contributed by atoms with Gasteiger partial charge in [0.05, 0.1) is 12.6 Å². The number of amides is 1. The number of nitriles is 1. The Morgan fingerprint density at radius 1 is 1.56 bits per heavy atom. The molecule has 0 atom stereocenters. The SMILES string of the molecule is N#CCNC(=O)CN1CCc2cccc(N)c2C1. The highest BCUT2D eigenvalue weighted by atomic mass is 16.2. The third-order valence-electron chi connectivity index (χ3n) is 3.12. The first kappa shape index (κ1) is 12.4. The van der Waals surface area contributed by atoms with Gasteiger partial charge in [0.15, 0.2) is 0 Å². The Hall–Kier alpha value is -2.06. The van der Waals surface area contributed by atoms with Gasteiger partial charge in [-0.15, -0.1) is 0 Å². The van der Waals surface area contributed by atoms with E-state index in [-0.39, 0.29) is 12.5 Å². The number of hydrogen-bond donors (Lipinski definition) is 2. The first-order valence-corrected chi connectivity index (χ1v) is 5.93. The molecule has 0 aromatic heterocycles. The Morgan fingerprint density at radius 3 is 3.17 bits per heavy atom. The second kappa shape index (κ2) is 5.52. The minimum atomic E-state index is -0.116. The molecule has 1 aliphatic rings. The van der Waals surface area contributed by atoms with Gasteiger partial charge in [-0.3, -0.25) is 9.69 Å². The predicted molar refractivity (Wildman–Crippen MR) is 68.5 cm³/mol. The molecule has 0 saturated heterocycles. The maximum atomic E-state index is 11.5. The molecule has 18 heavy (non-hydrogen) atoms. The second-order valence-electron chi connectivity index (χ2n) is 4.38. The molecule has 1 aromatic carbocycles. The summed E-state index contributed by atoms with van der Waals surface area (Å²) in [5.74, 6) is -0.116. The molecule has 94 valence electrons.